The first-order valence-electron chi connectivity index (χ1n) is 7.12. The normalized spacial score (nSPS) is 16.9. The maximum atomic E-state index is 11.9. The van der Waals surface area contributed by atoms with Crippen molar-refractivity contribution >= 4 is 23.6 Å². The van der Waals surface area contributed by atoms with Gasteiger partial charge in [0.15, 0.2) is 0 Å². The number of halogens is 1. The van der Waals surface area contributed by atoms with Crippen molar-refractivity contribution in [3.63, 3.8) is 0 Å². The van der Waals surface area contributed by atoms with Gasteiger partial charge >= 0.3 is 6.09 Å². The molecule has 0 aromatic carbocycles. The molecule has 1 fully saturated rings. The van der Waals surface area contributed by atoms with Crippen molar-refractivity contribution in [1.29, 1.82) is 0 Å². The number of alkyl halides is 1. The number of hydrogen-bond acceptors (Lipinski definition) is 3. The first kappa shape index (κ1) is 17.1. The Balaban J connectivity index is 2.23. The van der Waals surface area contributed by atoms with E-state index in [1.54, 1.807) is 4.90 Å². The van der Waals surface area contributed by atoms with Crippen molar-refractivity contribution < 1.29 is 14.3 Å². The lowest BCUT2D eigenvalue weighted by Crippen LogP contribution is -2.42. The number of carbonyl (C=O) groups excluding carboxylic acids is 2. The Kier molecular flexibility index (Phi) is 6.59. The summed E-state index contributed by atoms with van der Waals surface area (Å²) >= 11 is 5.41. The molecule has 5 nitrogen and oxygen atoms in total. The maximum Gasteiger partial charge on any atom is 0.410 e. The van der Waals surface area contributed by atoms with E-state index in [2.05, 4.69) is 5.32 Å². The minimum absolute atomic E-state index is 0.0110. The van der Waals surface area contributed by atoms with Gasteiger partial charge in [-0.15, -0.1) is 11.6 Å². The van der Waals surface area contributed by atoms with Gasteiger partial charge in [0.1, 0.15) is 11.5 Å². The number of rotatable bonds is 4. The van der Waals surface area contributed by atoms with Crippen molar-refractivity contribution in [3.8, 4) is 0 Å². The monoisotopic (exact) mass is 304 g/mol. The molecule has 20 heavy (non-hydrogen) atoms. The van der Waals surface area contributed by atoms with Gasteiger partial charge in [-0.1, -0.05) is 0 Å². The van der Waals surface area contributed by atoms with Crippen molar-refractivity contribution in [2.24, 2.45) is 5.92 Å². The highest BCUT2D eigenvalue weighted by Crippen LogP contribution is 2.21. The summed E-state index contributed by atoms with van der Waals surface area (Å²) in [5.41, 5.74) is -0.445. The molecule has 1 aliphatic heterocycles. The van der Waals surface area contributed by atoms with E-state index in [0.29, 0.717) is 12.5 Å². The average Bonchev–Trinajstić information content (AvgIpc) is 2.37. The van der Waals surface area contributed by atoms with E-state index < -0.39 is 5.60 Å². The van der Waals surface area contributed by atoms with Crippen LogP contribution in [0.1, 0.15) is 40.0 Å². The Hall–Kier alpha value is -0.970. The number of nitrogens with zero attached hydrogens (tertiary/aromatic N) is 1. The van der Waals surface area contributed by atoms with E-state index in [1.807, 2.05) is 20.8 Å². The molecule has 1 heterocycles. The van der Waals surface area contributed by atoms with Crippen LogP contribution in [0.15, 0.2) is 0 Å². The molecule has 1 aliphatic rings. The van der Waals surface area contributed by atoms with Gasteiger partial charge in [0.25, 0.3) is 0 Å². The zero-order valence-corrected chi connectivity index (χ0v) is 13.3. The van der Waals surface area contributed by atoms with E-state index in [0.717, 1.165) is 32.4 Å². The summed E-state index contributed by atoms with van der Waals surface area (Å²) in [4.78, 5) is 24.7. The van der Waals surface area contributed by atoms with Crippen LogP contribution in [0.25, 0.3) is 0 Å². The van der Waals surface area contributed by atoms with Crippen LogP contribution in [-0.4, -0.2) is 48.0 Å². The van der Waals surface area contributed by atoms with Gasteiger partial charge in [-0.05, 0) is 46.0 Å². The first-order chi connectivity index (χ1) is 9.31. The fraction of sp³-hybridized carbons (Fsp3) is 0.857. The molecule has 6 heteroatoms. The van der Waals surface area contributed by atoms with Crippen LogP contribution >= 0.6 is 11.6 Å². The summed E-state index contributed by atoms with van der Waals surface area (Å²) in [6.45, 7) is 7.72. The van der Waals surface area contributed by atoms with E-state index in [1.165, 1.54) is 0 Å². The zero-order valence-electron chi connectivity index (χ0n) is 12.6. The van der Waals surface area contributed by atoms with Crippen molar-refractivity contribution in [2.45, 2.75) is 45.6 Å². The summed E-state index contributed by atoms with van der Waals surface area (Å²) in [6.07, 6.45) is 2.61. The third-order valence-corrected chi connectivity index (χ3v) is 3.51. The topological polar surface area (TPSA) is 58.6 Å². The van der Waals surface area contributed by atoms with Gasteiger partial charge in [-0.25, -0.2) is 4.79 Å². The molecule has 0 aromatic heterocycles. The fourth-order valence-corrected chi connectivity index (χ4v) is 2.29. The highest BCUT2D eigenvalue weighted by Gasteiger charge is 2.26. The van der Waals surface area contributed by atoms with E-state index in [9.17, 15) is 9.59 Å². The number of amides is 2. The SMILES string of the molecule is CC(C)(C)OC(=O)N1CCC(CCNC(=O)CCl)CC1. The largest absolute Gasteiger partial charge is 0.444 e. The first-order valence-corrected chi connectivity index (χ1v) is 7.66. The number of likely N-dealkylation sites (tertiary alicyclic amines) is 1. The molecule has 2 amide bonds. The number of ether oxygens (including phenoxy) is 1. The third-order valence-electron chi connectivity index (χ3n) is 3.26. The van der Waals surface area contributed by atoms with Gasteiger partial charge in [-0.3, -0.25) is 4.79 Å². The Morgan fingerprint density at radius 1 is 1.30 bits per heavy atom. The summed E-state index contributed by atoms with van der Waals surface area (Å²) in [5.74, 6) is 0.430. The van der Waals surface area contributed by atoms with Gasteiger partial charge in [0, 0.05) is 19.6 Å². The van der Waals surface area contributed by atoms with E-state index in [4.69, 9.17) is 16.3 Å². The lowest BCUT2D eigenvalue weighted by Gasteiger charge is -2.33. The second-order valence-corrected chi connectivity index (χ2v) is 6.45. The van der Waals surface area contributed by atoms with Crippen LogP contribution in [0.4, 0.5) is 4.79 Å². The number of hydrogen-bond donors (Lipinski definition) is 1. The van der Waals surface area contributed by atoms with E-state index >= 15 is 0 Å². The molecule has 0 unspecified atom stereocenters. The summed E-state index contributed by atoms with van der Waals surface area (Å²) in [7, 11) is 0. The number of carbonyl (C=O) groups is 2. The molecule has 1 N–H and O–H groups in total. The predicted molar refractivity (Wildman–Crippen MR) is 78.9 cm³/mol. The molecule has 1 saturated heterocycles. The van der Waals surface area contributed by atoms with Gasteiger partial charge in [0.05, 0.1) is 0 Å². The average molecular weight is 305 g/mol. The van der Waals surface area contributed by atoms with Crippen LogP contribution in [0.2, 0.25) is 0 Å². The standard InChI is InChI=1S/C14H25ClN2O3/c1-14(2,3)20-13(19)17-8-5-11(6-9-17)4-7-16-12(18)10-15/h11H,4-10H2,1-3H3,(H,16,18). The summed E-state index contributed by atoms with van der Waals surface area (Å²) in [6, 6.07) is 0. The molecule has 0 radical (unpaired) electrons. The lowest BCUT2D eigenvalue weighted by atomic mass is 9.94. The summed E-state index contributed by atoms with van der Waals surface area (Å²) in [5, 5.41) is 2.77. The van der Waals surface area contributed by atoms with Crippen LogP contribution < -0.4 is 5.32 Å². The van der Waals surface area contributed by atoms with Crippen LogP contribution in [0, 0.1) is 5.92 Å². The molecule has 0 atom stereocenters. The van der Waals surface area contributed by atoms with Gasteiger partial charge in [-0.2, -0.15) is 0 Å². The Morgan fingerprint density at radius 3 is 2.40 bits per heavy atom. The van der Waals surface area contributed by atoms with Crippen LogP contribution in [-0.2, 0) is 9.53 Å². The third kappa shape index (κ3) is 6.46. The molecule has 1 rings (SSSR count). The van der Waals surface area contributed by atoms with Crippen molar-refractivity contribution in [2.75, 3.05) is 25.5 Å². The molecule has 0 bridgehead atoms. The minimum atomic E-state index is -0.445. The van der Waals surface area contributed by atoms with Gasteiger partial charge < -0.3 is 15.0 Å². The number of nitrogens with one attached hydrogen (secondary N) is 1. The molecular weight excluding hydrogens is 280 g/mol. The summed E-state index contributed by atoms with van der Waals surface area (Å²) < 4.78 is 5.35. The Morgan fingerprint density at radius 2 is 1.90 bits per heavy atom. The maximum absolute atomic E-state index is 11.9. The molecular formula is C14H25ClN2O3. The molecule has 0 spiro atoms. The van der Waals surface area contributed by atoms with Crippen LogP contribution in [0.5, 0.6) is 0 Å². The highest BCUT2D eigenvalue weighted by atomic mass is 35.5. The van der Waals surface area contributed by atoms with Crippen molar-refractivity contribution in [1.82, 2.24) is 10.2 Å². The zero-order chi connectivity index (χ0) is 15.2. The fourth-order valence-electron chi connectivity index (χ4n) is 2.19. The predicted octanol–water partition coefficient (Wildman–Crippen LogP) is 2.38. The van der Waals surface area contributed by atoms with Crippen LogP contribution in [0.3, 0.4) is 0 Å². The van der Waals surface area contributed by atoms with Gasteiger partial charge in [0.2, 0.25) is 5.91 Å². The van der Waals surface area contributed by atoms with E-state index in [-0.39, 0.29) is 17.9 Å². The Labute approximate surface area is 126 Å². The molecule has 0 saturated carbocycles. The minimum Gasteiger partial charge on any atom is -0.444 e. The second-order valence-electron chi connectivity index (χ2n) is 6.18. The number of piperidine rings is 1. The molecule has 0 aliphatic carbocycles. The quantitative estimate of drug-likeness (QED) is 0.811. The Bertz CT molecular complexity index is 334. The second kappa shape index (κ2) is 7.72. The lowest BCUT2D eigenvalue weighted by molar-refractivity contribution is -0.118. The van der Waals surface area contributed by atoms with Crippen molar-refractivity contribution in [3.05, 3.63) is 0 Å². The highest BCUT2D eigenvalue weighted by molar-refractivity contribution is 6.27. The molecule has 0 aromatic rings. The smallest absolute Gasteiger partial charge is 0.410 e. The molecule has 116 valence electrons.